The molecule has 0 radical (unpaired) electrons. The Labute approximate surface area is 172 Å². The zero-order chi connectivity index (χ0) is 21.2. The molecule has 0 saturated carbocycles. The molecule has 0 aliphatic carbocycles. The van der Waals surface area contributed by atoms with Gasteiger partial charge in [0, 0.05) is 0 Å². The summed E-state index contributed by atoms with van der Waals surface area (Å²) < 4.78 is 10.1. The number of aliphatic carboxylic acids is 1. The van der Waals surface area contributed by atoms with Crippen LogP contribution in [0.5, 0.6) is 5.75 Å². The second-order valence-electron chi connectivity index (χ2n) is 5.89. The normalized spacial score (nSPS) is 12.1. The van der Waals surface area contributed by atoms with Crippen molar-refractivity contribution in [1.29, 1.82) is 0 Å². The number of rotatable bonds is 10. The molecule has 0 spiro atoms. The Kier molecular flexibility index (Phi) is 8.35. The molecule has 0 unspecified atom stereocenters. The molecule has 0 saturated heterocycles. The van der Waals surface area contributed by atoms with Crippen LogP contribution in [0.4, 0.5) is 0 Å². The average Bonchev–Trinajstić information content (AvgIpc) is 3.25. The molecular weight excluding hydrogens is 396 g/mol. The van der Waals surface area contributed by atoms with Gasteiger partial charge in [0.15, 0.2) is 5.76 Å². The van der Waals surface area contributed by atoms with E-state index in [0.29, 0.717) is 17.1 Å². The molecule has 0 bridgehead atoms. The quantitative estimate of drug-likeness (QED) is 0.554. The summed E-state index contributed by atoms with van der Waals surface area (Å²) in [6.07, 6.45) is 4.77. The van der Waals surface area contributed by atoms with Crippen molar-refractivity contribution < 1.29 is 28.6 Å². The minimum absolute atomic E-state index is 0.0114. The van der Waals surface area contributed by atoms with Crippen molar-refractivity contribution in [2.24, 2.45) is 0 Å². The lowest BCUT2D eigenvalue weighted by molar-refractivity contribution is -0.308. The van der Waals surface area contributed by atoms with Gasteiger partial charge in [0.25, 0.3) is 11.8 Å². The van der Waals surface area contributed by atoms with Crippen LogP contribution < -0.4 is 20.5 Å². The minimum Gasteiger partial charge on any atom is -0.548 e. The Hall–Kier alpha value is -3.20. The highest BCUT2D eigenvalue weighted by molar-refractivity contribution is 7.98. The summed E-state index contributed by atoms with van der Waals surface area (Å²) in [4.78, 5) is 36.4. The first-order valence-corrected chi connectivity index (χ1v) is 10.0. The first-order chi connectivity index (χ1) is 13.9. The standard InChI is InChI=1S/C20H22N2O6S/c1-27-14-7-5-13(6-8-14)12-16(22-19(24)17-4-3-10-28-17)18(23)21-15(20(25)26)9-11-29-2/h3-8,10,12,15H,9,11H2,1-2H3,(H,21,23)(H,22,24)(H,25,26)/p-1/b16-12-/t15-/m1/s1. The lowest BCUT2D eigenvalue weighted by Gasteiger charge is -2.20. The summed E-state index contributed by atoms with van der Waals surface area (Å²) >= 11 is 1.45. The Morgan fingerprint density at radius 3 is 2.52 bits per heavy atom. The molecule has 2 rings (SSSR count). The number of ether oxygens (including phenoxy) is 1. The molecule has 2 amide bonds. The Morgan fingerprint density at radius 1 is 1.24 bits per heavy atom. The molecule has 1 aromatic heterocycles. The van der Waals surface area contributed by atoms with E-state index >= 15 is 0 Å². The van der Waals surface area contributed by atoms with Crippen LogP contribution in [0.1, 0.15) is 22.5 Å². The Morgan fingerprint density at radius 2 is 1.97 bits per heavy atom. The first-order valence-electron chi connectivity index (χ1n) is 8.66. The van der Waals surface area contributed by atoms with E-state index < -0.39 is 23.8 Å². The summed E-state index contributed by atoms with van der Waals surface area (Å²) in [6.45, 7) is 0. The van der Waals surface area contributed by atoms with Gasteiger partial charge in [-0.3, -0.25) is 9.59 Å². The number of methoxy groups -OCH3 is 1. The van der Waals surface area contributed by atoms with Crippen molar-refractivity contribution in [2.45, 2.75) is 12.5 Å². The number of thioether (sulfide) groups is 1. The average molecular weight is 417 g/mol. The van der Waals surface area contributed by atoms with Crippen LogP contribution in [0.3, 0.4) is 0 Å². The van der Waals surface area contributed by atoms with Crippen molar-refractivity contribution in [3.8, 4) is 5.75 Å². The van der Waals surface area contributed by atoms with Crippen molar-refractivity contribution in [1.82, 2.24) is 10.6 Å². The molecular formula is C20H21N2O6S-. The van der Waals surface area contributed by atoms with E-state index in [1.54, 1.807) is 24.3 Å². The van der Waals surface area contributed by atoms with Crippen LogP contribution in [0.15, 0.2) is 52.8 Å². The van der Waals surface area contributed by atoms with Gasteiger partial charge in [-0.25, -0.2) is 0 Å². The predicted octanol–water partition coefficient (Wildman–Crippen LogP) is 1.05. The Balaban J connectivity index is 2.26. The molecule has 1 atom stereocenters. The summed E-state index contributed by atoms with van der Waals surface area (Å²) in [5, 5.41) is 16.2. The third kappa shape index (κ3) is 6.72. The van der Waals surface area contributed by atoms with Gasteiger partial charge in [0.1, 0.15) is 11.4 Å². The number of carbonyl (C=O) groups is 3. The molecule has 1 heterocycles. The SMILES string of the molecule is COc1ccc(/C=C(\NC(=O)c2ccco2)C(=O)N[C@H](CCSC)C(=O)[O-])cc1. The van der Waals surface area contributed by atoms with Crippen LogP contribution in [-0.4, -0.2) is 42.9 Å². The topological polar surface area (TPSA) is 121 Å². The van der Waals surface area contributed by atoms with E-state index in [-0.39, 0.29) is 17.9 Å². The number of benzene rings is 1. The van der Waals surface area contributed by atoms with E-state index in [1.165, 1.54) is 43.3 Å². The highest BCUT2D eigenvalue weighted by Crippen LogP contribution is 2.14. The molecule has 2 N–H and O–H groups in total. The Bertz CT molecular complexity index is 862. The van der Waals surface area contributed by atoms with Gasteiger partial charge in [-0.05, 0) is 54.3 Å². The molecule has 0 aliphatic rings. The first kappa shape index (κ1) is 22.1. The number of nitrogens with one attached hydrogen (secondary N) is 2. The third-order valence-electron chi connectivity index (χ3n) is 3.87. The fraction of sp³-hybridized carbons (Fsp3) is 0.250. The van der Waals surface area contributed by atoms with Crippen LogP contribution >= 0.6 is 11.8 Å². The van der Waals surface area contributed by atoms with Crippen molar-refractivity contribution in [3.05, 3.63) is 59.7 Å². The maximum atomic E-state index is 12.7. The lowest BCUT2D eigenvalue weighted by Crippen LogP contribution is -2.50. The van der Waals surface area contributed by atoms with Gasteiger partial charge >= 0.3 is 0 Å². The molecule has 0 aliphatic heterocycles. The lowest BCUT2D eigenvalue weighted by atomic mass is 10.1. The maximum Gasteiger partial charge on any atom is 0.291 e. The molecule has 1 aromatic carbocycles. The number of carbonyl (C=O) groups excluding carboxylic acids is 3. The summed E-state index contributed by atoms with van der Waals surface area (Å²) in [6, 6.07) is 8.56. The summed E-state index contributed by atoms with van der Waals surface area (Å²) in [5.74, 6) is -1.63. The second-order valence-corrected chi connectivity index (χ2v) is 6.87. The number of carboxylic acids is 1. The van der Waals surface area contributed by atoms with Gasteiger partial charge in [0.2, 0.25) is 0 Å². The zero-order valence-corrected chi connectivity index (χ0v) is 16.8. The third-order valence-corrected chi connectivity index (χ3v) is 4.51. The van der Waals surface area contributed by atoms with Crippen molar-refractivity contribution >= 4 is 35.6 Å². The molecule has 0 fully saturated rings. The van der Waals surface area contributed by atoms with Crippen LogP contribution in [-0.2, 0) is 9.59 Å². The van der Waals surface area contributed by atoms with E-state index in [0.717, 1.165) is 0 Å². The van der Waals surface area contributed by atoms with Crippen LogP contribution in [0, 0.1) is 0 Å². The van der Waals surface area contributed by atoms with Gasteiger partial charge < -0.3 is 29.7 Å². The molecule has 154 valence electrons. The van der Waals surface area contributed by atoms with Crippen LogP contribution in [0.25, 0.3) is 6.08 Å². The van der Waals surface area contributed by atoms with Crippen molar-refractivity contribution in [3.63, 3.8) is 0 Å². The number of furan rings is 1. The summed E-state index contributed by atoms with van der Waals surface area (Å²) in [7, 11) is 1.53. The molecule has 29 heavy (non-hydrogen) atoms. The second kappa shape index (κ2) is 11.0. The van der Waals surface area contributed by atoms with E-state index in [4.69, 9.17) is 9.15 Å². The highest BCUT2D eigenvalue weighted by atomic mass is 32.2. The monoisotopic (exact) mass is 417 g/mol. The molecule has 8 nitrogen and oxygen atoms in total. The van der Waals surface area contributed by atoms with Gasteiger partial charge in [-0.1, -0.05) is 12.1 Å². The molecule has 9 heteroatoms. The van der Waals surface area contributed by atoms with Gasteiger partial charge in [0.05, 0.1) is 25.4 Å². The fourth-order valence-electron chi connectivity index (χ4n) is 2.34. The number of hydrogen-bond donors (Lipinski definition) is 2. The van der Waals surface area contributed by atoms with Gasteiger partial charge in [-0.15, -0.1) is 0 Å². The van der Waals surface area contributed by atoms with E-state index in [1.807, 2.05) is 6.26 Å². The fourth-order valence-corrected chi connectivity index (χ4v) is 2.81. The highest BCUT2D eigenvalue weighted by Gasteiger charge is 2.20. The van der Waals surface area contributed by atoms with E-state index in [2.05, 4.69) is 10.6 Å². The van der Waals surface area contributed by atoms with Crippen LogP contribution in [0.2, 0.25) is 0 Å². The number of carboxylic acid groups (broad SMARTS) is 1. The smallest absolute Gasteiger partial charge is 0.291 e. The largest absolute Gasteiger partial charge is 0.548 e. The molecule has 2 aromatic rings. The van der Waals surface area contributed by atoms with Gasteiger partial charge in [-0.2, -0.15) is 11.8 Å². The number of amides is 2. The van der Waals surface area contributed by atoms with Crippen molar-refractivity contribution in [2.75, 3.05) is 19.1 Å². The minimum atomic E-state index is -1.39. The number of hydrogen-bond acceptors (Lipinski definition) is 7. The maximum absolute atomic E-state index is 12.7. The predicted molar refractivity (Wildman–Crippen MR) is 107 cm³/mol. The summed E-state index contributed by atoms with van der Waals surface area (Å²) in [5.41, 5.74) is 0.469. The zero-order valence-electron chi connectivity index (χ0n) is 16.0. The van der Waals surface area contributed by atoms with E-state index in [9.17, 15) is 19.5 Å².